The summed E-state index contributed by atoms with van der Waals surface area (Å²) in [6.45, 7) is 2.88. The largest absolute Gasteiger partial charge is 0.368 e. The first-order valence-corrected chi connectivity index (χ1v) is 10.5. The van der Waals surface area contributed by atoms with Crippen LogP contribution in [0.4, 0.5) is 0 Å². The van der Waals surface area contributed by atoms with Gasteiger partial charge >= 0.3 is 0 Å². The van der Waals surface area contributed by atoms with Gasteiger partial charge in [-0.1, -0.05) is 70.0 Å². The van der Waals surface area contributed by atoms with Crippen LogP contribution in [-0.4, -0.2) is 6.10 Å². The Morgan fingerprint density at radius 2 is 1.85 bits per heavy atom. The molecule has 1 aliphatic carbocycles. The normalized spacial score (nSPS) is 17.6. The molecule has 0 aliphatic heterocycles. The highest BCUT2D eigenvalue weighted by atomic mass is 79.9. The number of rotatable bonds is 5. The van der Waals surface area contributed by atoms with E-state index >= 15 is 0 Å². The van der Waals surface area contributed by atoms with Gasteiger partial charge in [0.05, 0.1) is 12.7 Å². The summed E-state index contributed by atoms with van der Waals surface area (Å²) < 4.78 is 8.66. The zero-order valence-corrected chi connectivity index (χ0v) is 17.1. The summed E-state index contributed by atoms with van der Waals surface area (Å²) in [7, 11) is 0. The van der Waals surface area contributed by atoms with Crippen LogP contribution in [0.1, 0.15) is 23.8 Å². The lowest BCUT2D eigenvalue weighted by atomic mass is 9.94. The molecule has 0 amide bonds. The van der Waals surface area contributed by atoms with Gasteiger partial charge < -0.3 is 4.74 Å². The van der Waals surface area contributed by atoms with Crippen molar-refractivity contribution in [2.75, 3.05) is 0 Å². The van der Waals surface area contributed by atoms with Crippen molar-refractivity contribution in [3.8, 4) is 0 Å². The molecule has 1 aromatic heterocycles. The quantitative estimate of drug-likeness (QED) is 0.427. The molecule has 1 heterocycles. The van der Waals surface area contributed by atoms with E-state index in [4.69, 9.17) is 4.74 Å². The third kappa shape index (κ3) is 4.01. The number of hydrogen-bond acceptors (Lipinski definition) is 2. The predicted molar refractivity (Wildman–Crippen MR) is 115 cm³/mol. The molecule has 3 aromatic rings. The van der Waals surface area contributed by atoms with Crippen LogP contribution in [0.3, 0.4) is 0 Å². The van der Waals surface area contributed by atoms with E-state index in [1.165, 1.54) is 31.7 Å². The summed E-state index contributed by atoms with van der Waals surface area (Å²) in [5.41, 5.74) is 4.04. The molecule has 0 bridgehead atoms. The highest BCUT2D eigenvalue weighted by Crippen LogP contribution is 2.34. The molecule has 132 valence electrons. The molecule has 0 N–H and O–H groups in total. The fraction of sp³-hybridized carbons (Fsp3) is 0.217. The van der Waals surface area contributed by atoms with Crippen LogP contribution in [-0.2, 0) is 17.8 Å². The van der Waals surface area contributed by atoms with Crippen LogP contribution in [0.15, 0.2) is 82.4 Å². The van der Waals surface area contributed by atoms with E-state index in [0.717, 1.165) is 17.3 Å². The van der Waals surface area contributed by atoms with Crippen molar-refractivity contribution in [2.45, 2.75) is 32.5 Å². The van der Waals surface area contributed by atoms with E-state index in [1.54, 1.807) is 0 Å². The highest BCUT2D eigenvalue weighted by molar-refractivity contribution is 9.11. The van der Waals surface area contributed by atoms with Crippen LogP contribution in [0.2, 0.25) is 0 Å². The van der Waals surface area contributed by atoms with Crippen molar-refractivity contribution in [1.82, 2.24) is 0 Å². The summed E-state index contributed by atoms with van der Waals surface area (Å²) >= 11 is 5.64. The van der Waals surface area contributed by atoms with Gasteiger partial charge in [0.2, 0.25) is 0 Å². The van der Waals surface area contributed by atoms with Gasteiger partial charge in [-0.3, -0.25) is 0 Å². The van der Waals surface area contributed by atoms with Crippen LogP contribution < -0.4 is 0 Å². The first kappa shape index (κ1) is 17.7. The van der Waals surface area contributed by atoms with Crippen molar-refractivity contribution in [1.29, 1.82) is 0 Å². The van der Waals surface area contributed by atoms with E-state index < -0.39 is 0 Å². The van der Waals surface area contributed by atoms with Gasteiger partial charge in [0.15, 0.2) is 0 Å². The number of halogens is 1. The molecule has 0 saturated heterocycles. The third-order valence-corrected chi connectivity index (χ3v) is 6.65. The average molecular weight is 425 g/mol. The predicted octanol–water partition coefficient (Wildman–Crippen LogP) is 7.03. The number of ether oxygens (including phenoxy) is 1. The van der Waals surface area contributed by atoms with Crippen LogP contribution in [0.5, 0.6) is 0 Å². The molecular formula is C23H21BrOS. The zero-order chi connectivity index (χ0) is 17.9. The molecule has 0 saturated carbocycles. The first-order valence-electron chi connectivity index (χ1n) is 8.88. The number of thiophene rings is 1. The monoisotopic (exact) mass is 424 g/mol. The fourth-order valence-electron chi connectivity index (χ4n) is 3.31. The second-order valence-corrected chi connectivity index (χ2v) is 8.84. The maximum atomic E-state index is 6.15. The van der Waals surface area contributed by atoms with Crippen molar-refractivity contribution >= 4 is 37.4 Å². The molecule has 1 atom stereocenters. The SMILES string of the molecule is CC1=C(Cc2cc3ccccc3s2)C=C(Br)C(OCc2ccccc2)C1. The minimum atomic E-state index is 0.112. The topological polar surface area (TPSA) is 9.23 Å². The molecule has 1 unspecified atom stereocenters. The summed E-state index contributed by atoms with van der Waals surface area (Å²) in [5, 5.41) is 1.34. The Morgan fingerprint density at radius 3 is 2.65 bits per heavy atom. The van der Waals surface area contributed by atoms with Gasteiger partial charge in [0, 0.05) is 20.5 Å². The zero-order valence-electron chi connectivity index (χ0n) is 14.7. The van der Waals surface area contributed by atoms with Gasteiger partial charge in [-0.05, 0) is 48.1 Å². The maximum absolute atomic E-state index is 6.15. The molecule has 3 heteroatoms. The van der Waals surface area contributed by atoms with Gasteiger partial charge in [-0.15, -0.1) is 11.3 Å². The second-order valence-electron chi connectivity index (χ2n) is 6.75. The first-order chi connectivity index (χ1) is 12.7. The Bertz CT molecular complexity index is 935. The molecule has 0 spiro atoms. The van der Waals surface area contributed by atoms with E-state index in [-0.39, 0.29) is 6.10 Å². The molecule has 26 heavy (non-hydrogen) atoms. The average Bonchev–Trinajstić information content (AvgIpc) is 3.06. The Morgan fingerprint density at radius 1 is 1.08 bits per heavy atom. The Hall–Kier alpha value is -1.68. The lowest BCUT2D eigenvalue weighted by molar-refractivity contribution is 0.0692. The minimum absolute atomic E-state index is 0.112. The van der Waals surface area contributed by atoms with Crippen molar-refractivity contribution in [2.24, 2.45) is 0 Å². The molecular weight excluding hydrogens is 404 g/mol. The van der Waals surface area contributed by atoms with Gasteiger partial charge in [0.1, 0.15) is 0 Å². The van der Waals surface area contributed by atoms with E-state index in [9.17, 15) is 0 Å². The fourth-order valence-corrected chi connectivity index (χ4v) is 4.97. The number of benzene rings is 2. The van der Waals surface area contributed by atoms with Crippen molar-refractivity contribution in [3.63, 3.8) is 0 Å². The van der Waals surface area contributed by atoms with Crippen molar-refractivity contribution in [3.05, 3.63) is 92.8 Å². The van der Waals surface area contributed by atoms with Crippen LogP contribution in [0.25, 0.3) is 10.1 Å². The third-order valence-electron chi connectivity index (χ3n) is 4.79. The summed E-state index contributed by atoms with van der Waals surface area (Å²) in [6, 6.07) is 21.3. The molecule has 4 rings (SSSR count). The number of hydrogen-bond donors (Lipinski definition) is 0. The Labute approximate surface area is 167 Å². The summed E-state index contributed by atoms with van der Waals surface area (Å²) in [6.07, 6.45) is 4.32. The minimum Gasteiger partial charge on any atom is -0.368 e. The molecule has 0 fully saturated rings. The summed E-state index contributed by atoms with van der Waals surface area (Å²) in [4.78, 5) is 1.42. The molecule has 1 nitrogen and oxygen atoms in total. The smallest absolute Gasteiger partial charge is 0.0931 e. The van der Waals surface area contributed by atoms with E-state index in [1.807, 2.05) is 17.4 Å². The van der Waals surface area contributed by atoms with Gasteiger partial charge in [-0.2, -0.15) is 0 Å². The van der Waals surface area contributed by atoms with Gasteiger partial charge in [-0.25, -0.2) is 0 Å². The number of allylic oxidation sites excluding steroid dienone is 2. The molecule has 2 aromatic carbocycles. The lowest BCUT2D eigenvalue weighted by Crippen LogP contribution is -2.18. The number of fused-ring (bicyclic) bond motifs is 1. The maximum Gasteiger partial charge on any atom is 0.0931 e. The van der Waals surface area contributed by atoms with Crippen LogP contribution in [0, 0.1) is 0 Å². The van der Waals surface area contributed by atoms with Crippen molar-refractivity contribution < 1.29 is 4.74 Å². The molecule has 1 aliphatic rings. The Kier molecular flexibility index (Phi) is 5.39. The van der Waals surface area contributed by atoms with Gasteiger partial charge in [0.25, 0.3) is 0 Å². The van der Waals surface area contributed by atoms with Crippen LogP contribution >= 0.6 is 27.3 Å². The van der Waals surface area contributed by atoms with E-state index in [2.05, 4.69) is 83.5 Å². The second kappa shape index (κ2) is 7.91. The van der Waals surface area contributed by atoms with E-state index in [0.29, 0.717) is 6.61 Å². The molecule has 0 radical (unpaired) electrons. The lowest BCUT2D eigenvalue weighted by Gasteiger charge is -2.24. The standard InChI is InChI=1S/C23H21BrOS/c1-16-11-22(25-15-17-7-3-2-4-8-17)21(24)14-19(16)13-20-12-18-9-5-6-10-23(18)26-20/h2-10,12,14,22H,11,13,15H2,1H3. The Balaban J connectivity index is 1.45. The highest BCUT2D eigenvalue weighted by Gasteiger charge is 2.21. The summed E-state index contributed by atoms with van der Waals surface area (Å²) in [5.74, 6) is 0.